The molecule has 0 fully saturated rings. The third kappa shape index (κ3) is 3.26. The molecule has 0 aliphatic carbocycles. The smallest absolute Gasteiger partial charge is 0.186 e. The van der Waals surface area contributed by atoms with Crippen LogP contribution in [0.2, 0.25) is 5.02 Å². The van der Waals surface area contributed by atoms with E-state index in [-0.39, 0.29) is 5.78 Å². The van der Waals surface area contributed by atoms with E-state index in [1.807, 2.05) is 31.2 Å². The Morgan fingerprint density at radius 2 is 2.15 bits per heavy atom. The summed E-state index contributed by atoms with van der Waals surface area (Å²) in [4.78, 5) is 12.4. The van der Waals surface area contributed by atoms with E-state index in [0.29, 0.717) is 30.3 Å². The number of aromatic nitrogens is 2. The molecule has 2 aromatic rings. The third-order valence-corrected chi connectivity index (χ3v) is 3.45. The molecule has 20 heavy (non-hydrogen) atoms. The van der Waals surface area contributed by atoms with Crippen molar-refractivity contribution >= 4 is 17.4 Å². The van der Waals surface area contributed by atoms with E-state index in [0.717, 1.165) is 11.1 Å². The number of rotatable bonds is 6. The number of hydrogen-bond acceptors (Lipinski definition) is 3. The van der Waals surface area contributed by atoms with Crippen molar-refractivity contribution in [3.8, 4) is 0 Å². The molecule has 106 valence electrons. The minimum absolute atomic E-state index is 0.0297. The van der Waals surface area contributed by atoms with E-state index in [9.17, 15) is 4.79 Å². The van der Waals surface area contributed by atoms with Gasteiger partial charge in [-0.25, -0.2) is 0 Å². The van der Waals surface area contributed by atoms with Gasteiger partial charge in [-0.2, -0.15) is 5.10 Å². The molecular weight excluding hydrogens is 276 g/mol. The van der Waals surface area contributed by atoms with Gasteiger partial charge in [0.15, 0.2) is 5.78 Å². The van der Waals surface area contributed by atoms with Crippen molar-refractivity contribution in [2.75, 3.05) is 13.7 Å². The van der Waals surface area contributed by atoms with Crippen molar-refractivity contribution in [1.29, 1.82) is 0 Å². The van der Waals surface area contributed by atoms with E-state index >= 15 is 0 Å². The van der Waals surface area contributed by atoms with E-state index < -0.39 is 0 Å². The Kier molecular flexibility index (Phi) is 4.93. The SMILES string of the molecule is COCCn1ncc(Cl)c1C(=O)Cc1ccccc1C. The van der Waals surface area contributed by atoms with E-state index in [2.05, 4.69) is 5.10 Å². The zero-order chi connectivity index (χ0) is 14.5. The largest absolute Gasteiger partial charge is 0.383 e. The summed E-state index contributed by atoms with van der Waals surface area (Å²) >= 11 is 6.08. The average Bonchev–Trinajstić information content (AvgIpc) is 2.80. The second kappa shape index (κ2) is 6.68. The second-order valence-electron chi connectivity index (χ2n) is 4.58. The summed E-state index contributed by atoms with van der Waals surface area (Å²) in [5, 5.41) is 4.51. The van der Waals surface area contributed by atoms with Crippen LogP contribution in [0, 0.1) is 6.92 Å². The number of ketones is 1. The van der Waals surface area contributed by atoms with Gasteiger partial charge in [-0.05, 0) is 18.1 Å². The van der Waals surface area contributed by atoms with Crippen LogP contribution in [0.3, 0.4) is 0 Å². The Morgan fingerprint density at radius 3 is 2.85 bits per heavy atom. The third-order valence-electron chi connectivity index (χ3n) is 3.18. The molecule has 0 saturated heterocycles. The molecule has 5 heteroatoms. The lowest BCUT2D eigenvalue weighted by atomic mass is 10.0. The van der Waals surface area contributed by atoms with Crippen LogP contribution in [0.1, 0.15) is 21.6 Å². The van der Waals surface area contributed by atoms with Gasteiger partial charge >= 0.3 is 0 Å². The van der Waals surface area contributed by atoms with E-state index in [1.54, 1.807) is 11.8 Å². The van der Waals surface area contributed by atoms with Crippen LogP contribution in [-0.4, -0.2) is 29.3 Å². The fourth-order valence-electron chi connectivity index (χ4n) is 2.05. The van der Waals surface area contributed by atoms with E-state index in [1.165, 1.54) is 6.20 Å². The van der Waals surface area contributed by atoms with Gasteiger partial charge in [0, 0.05) is 13.5 Å². The van der Waals surface area contributed by atoms with Crippen LogP contribution in [0.25, 0.3) is 0 Å². The number of aryl methyl sites for hydroxylation is 1. The first-order valence-corrected chi connectivity index (χ1v) is 6.79. The number of benzene rings is 1. The standard InChI is InChI=1S/C15H17ClN2O2/c1-11-5-3-4-6-12(11)9-14(19)15-13(16)10-17-18(15)7-8-20-2/h3-6,10H,7-9H2,1-2H3. The van der Waals surface area contributed by atoms with Crippen molar-refractivity contribution in [1.82, 2.24) is 9.78 Å². The zero-order valence-corrected chi connectivity index (χ0v) is 12.4. The molecule has 1 aromatic heterocycles. The van der Waals surface area contributed by atoms with Crippen LogP contribution < -0.4 is 0 Å². The van der Waals surface area contributed by atoms with Crippen molar-refractivity contribution in [3.05, 3.63) is 52.3 Å². The molecule has 2 rings (SSSR count). The predicted octanol–water partition coefficient (Wildman–Crippen LogP) is 2.92. The Balaban J connectivity index is 2.21. The van der Waals surface area contributed by atoms with Crippen molar-refractivity contribution in [2.24, 2.45) is 0 Å². The fourth-order valence-corrected chi connectivity index (χ4v) is 2.30. The highest BCUT2D eigenvalue weighted by Gasteiger charge is 2.18. The molecule has 0 atom stereocenters. The lowest BCUT2D eigenvalue weighted by Gasteiger charge is -2.08. The Bertz CT molecular complexity index is 608. The molecule has 0 N–H and O–H groups in total. The minimum atomic E-state index is -0.0297. The molecule has 0 bridgehead atoms. The molecule has 0 unspecified atom stereocenters. The van der Waals surface area contributed by atoms with Gasteiger partial charge < -0.3 is 4.74 Å². The van der Waals surface area contributed by atoms with Gasteiger partial charge in [0.25, 0.3) is 0 Å². The molecule has 0 radical (unpaired) electrons. The number of ether oxygens (including phenoxy) is 1. The highest BCUT2D eigenvalue weighted by Crippen LogP contribution is 2.19. The maximum atomic E-state index is 12.4. The Labute approximate surface area is 123 Å². The number of carbonyl (C=O) groups is 1. The average molecular weight is 293 g/mol. The lowest BCUT2D eigenvalue weighted by Crippen LogP contribution is -2.15. The molecule has 1 heterocycles. The maximum Gasteiger partial charge on any atom is 0.186 e. The molecule has 1 aromatic carbocycles. The Hall–Kier alpha value is -1.65. The van der Waals surface area contributed by atoms with Crippen molar-refractivity contribution < 1.29 is 9.53 Å². The molecule has 0 amide bonds. The van der Waals surface area contributed by atoms with Crippen LogP contribution in [-0.2, 0) is 17.7 Å². The van der Waals surface area contributed by atoms with Gasteiger partial charge in [0.1, 0.15) is 5.69 Å². The van der Waals surface area contributed by atoms with E-state index in [4.69, 9.17) is 16.3 Å². The number of methoxy groups -OCH3 is 1. The predicted molar refractivity (Wildman–Crippen MR) is 78.3 cm³/mol. The summed E-state index contributed by atoms with van der Waals surface area (Å²) in [5.74, 6) is -0.0297. The second-order valence-corrected chi connectivity index (χ2v) is 4.99. The highest BCUT2D eigenvalue weighted by atomic mass is 35.5. The molecule has 0 aliphatic heterocycles. The molecule has 0 aliphatic rings. The monoisotopic (exact) mass is 292 g/mol. The minimum Gasteiger partial charge on any atom is -0.383 e. The van der Waals surface area contributed by atoms with Crippen LogP contribution in [0.5, 0.6) is 0 Å². The number of Topliss-reactive ketones (excluding diaryl/α,β-unsaturated/α-hetero) is 1. The van der Waals surface area contributed by atoms with Gasteiger partial charge in [-0.3, -0.25) is 9.48 Å². The highest BCUT2D eigenvalue weighted by molar-refractivity contribution is 6.33. The summed E-state index contributed by atoms with van der Waals surface area (Å²) < 4.78 is 6.62. The summed E-state index contributed by atoms with van der Waals surface area (Å²) in [6.07, 6.45) is 1.83. The Morgan fingerprint density at radius 1 is 1.40 bits per heavy atom. The first-order chi connectivity index (χ1) is 9.63. The summed E-state index contributed by atoms with van der Waals surface area (Å²) in [7, 11) is 1.61. The first kappa shape index (κ1) is 14.8. The zero-order valence-electron chi connectivity index (χ0n) is 11.6. The number of halogens is 1. The van der Waals surface area contributed by atoms with Gasteiger partial charge in [0.05, 0.1) is 24.4 Å². The first-order valence-electron chi connectivity index (χ1n) is 6.41. The number of nitrogens with zero attached hydrogens (tertiary/aromatic N) is 2. The fraction of sp³-hybridized carbons (Fsp3) is 0.333. The lowest BCUT2D eigenvalue weighted by molar-refractivity contribution is 0.0979. The van der Waals surface area contributed by atoms with Crippen LogP contribution in [0.15, 0.2) is 30.5 Å². The maximum absolute atomic E-state index is 12.4. The molecule has 0 saturated carbocycles. The molecular formula is C15H17ClN2O2. The molecule has 4 nitrogen and oxygen atoms in total. The van der Waals surface area contributed by atoms with Crippen molar-refractivity contribution in [2.45, 2.75) is 19.9 Å². The van der Waals surface area contributed by atoms with Gasteiger partial charge in [-0.15, -0.1) is 0 Å². The number of carbonyl (C=O) groups excluding carboxylic acids is 1. The normalized spacial score (nSPS) is 10.8. The van der Waals surface area contributed by atoms with Gasteiger partial charge in [0.2, 0.25) is 0 Å². The quantitative estimate of drug-likeness (QED) is 0.769. The summed E-state index contributed by atoms with van der Waals surface area (Å²) in [5.41, 5.74) is 2.56. The van der Waals surface area contributed by atoms with Crippen LogP contribution in [0.4, 0.5) is 0 Å². The summed E-state index contributed by atoms with van der Waals surface area (Å²) in [6, 6.07) is 7.84. The topological polar surface area (TPSA) is 44.1 Å². The molecule has 0 spiro atoms. The van der Waals surface area contributed by atoms with Gasteiger partial charge in [-0.1, -0.05) is 35.9 Å². The number of hydrogen-bond donors (Lipinski definition) is 0. The van der Waals surface area contributed by atoms with Crippen molar-refractivity contribution in [3.63, 3.8) is 0 Å². The summed E-state index contributed by atoms with van der Waals surface area (Å²) in [6.45, 7) is 2.99. The van der Waals surface area contributed by atoms with Crippen LogP contribution >= 0.6 is 11.6 Å².